The Morgan fingerprint density at radius 2 is 2.00 bits per heavy atom. The number of esters is 1. The third-order valence-corrected chi connectivity index (χ3v) is 2.66. The summed E-state index contributed by atoms with van der Waals surface area (Å²) in [5.74, 6) is -0.347. The first-order valence-electron chi connectivity index (χ1n) is 5.01. The van der Waals surface area contributed by atoms with Crippen LogP contribution in [0, 0.1) is 0 Å². The lowest BCUT2D eigenvalue weighted by Crippen LogP contribution is -2.11. The van der Waals surface area contributed by atoms with Gasteiger partial charge in [-0.05, 0) is 25.1 Å². The van der Waals surface area contributed by atoms with Gasteiger partial charge in [-0.3, -0.25) is 0 Å². The molecule has 17 heavy (non-hydrogen) atoms. The molecule has 0 atom stereocenters. The molecule has 0 bridgehead atoms. The van der Waals surface area contributed by atoms with Gasteiger partial charge in [-0.1, -0.05) is 23.2 Å². The van der Waals surface area contributed by atoms with Crippen molar-refractivity contribution in [3.63, 3.8) is 0 Å². The van der Waals surface area contributed by atoms with Crippen molar-refractivity contribution in [2.75, 3.05) is 20.3 Å². The fourth-order valence-electron chi connectivity index (χ4n) is 1.24. The quantitative estimate of drug-likeness (QED) is 0.664. The molecule has 0 spiro atoms. The Labute approximate surface area is 110 Å². The van der Waals surface area contributed by atoms with Crippen molar-refractivity contribution in [3.05, 3.63) is 27.7 Å². The number of carbonyl (C=O) groups excluding carboxylic acids is 1. The number of hydrogen-bond donors (Lipinski definition) is 1. The van der Waals surface area contributed by atoms with Crippen molar-refractivity contribution >= 4 is 29.2 Å². The summed E-state index contributed by atoms with van der Waals surface area (Å²) in [6.45, 7) is 0.690. The number of hydrogen-bond acceptors (Lipinski definition) is 4. The maximum atomic E-state index is 11.8. The van der Waals surface area contributed by atoms with Gasteiger partial charge in [-0.25, -0.2) is 4.79 Å². The van der Waals surface area contributed by atoms with Crippen LogP contribution in [0.1, 0.15) is 16.8 Å². The van der Waals surface area contributed by atoms with Gasteiger partial charge in [0.25, 0.3) is 0 Å². The maximum absolute atomic E-state index is 11.8. The van der Waals surface area contributed by atoms with Gasteiger partial charge < -0.3 is 15.2 Å². The molecular weight excluding hydrogens is 265 g/mol. The van der Waals surface area contributed by atoms with E-state index in [0.29, 0.717) is 18.0 Å². The summed E-state index contributed by atoms with van der Waals surface area (Å²) in [4.78, 5) is 11.8. The molecule has 1 aromatic carbocycles. The number of ether oxygens (including phenoxy) is 2. The van der Waals surface area contributed by atoms with Crippen molar-refractivity contribution in [3.8, 4) is 5.75 Å². The van der Waals surface area contributed by atoms with E-state index in [1.54, 1.807) is 6.07 Å². The topological polar surface area (TPSA) is 61.5 Å². The Bertz CT molecular complexity index is 410. The molecular formula is C11H13Cl2NO3. The summed E-state index contributed by atoms with van der Waals surface area (Å²) >= 11 is 11.8. The fourth-order valence-corrected chi connectivity index (χ4v) is 1.70. The lowest BCUT2D eigenvalue weighted by Gasteiger charge is -2.11. The van der Waals surface area contributed by atoms with Gasteiger partial charge >= 0.3 is 5.97 Å². The summed E-state index contributed by atoms with van der Waals surface area (Å²) in [5, 5.41) is 0.548. The summed E-state index contributed by atoms with van der Waals surface area (Å²) in [5.41, 5.74) is 5.44. The number of carbonyl (C=O) groups is 1. The Morgan fingerprint density at radius 3 is 2.59 bits per heavy atom. The smallest absolute Gasteiger partial charge is 0.343 e. The lowest BCUT2D eigenvalue weighted by atomic mass is 10.2. The zero-order chi connectivity index (χ0) is 12.8. The molecule has 0 heterocycles. The van der Waals surface area contributed by atoms with Crippen LogP contribution >= 0.6 is 23.2 Å². The molecule has 1 aromatic rings. The molecule has 0 saturated heterocycles. The highest BCUT2D eigenvalue weighted by molar-refractivity contribution is 6.37. The van der Waals surface area contributed by atoms with E-state index in [9.17, 15) is 4.79 Å². The van der Waals surface area contributed by atoms with Crippen LogP contribution in [-0.2, 0) is 4.74 Å². The van der Waals surface area contributed by atoms with Crippen LogP contribution in [0.3, 0.4) is 0 Å². The Kier molecular flexibility index (Phi) is 5.55. The monoisotopic (exact) mass is 277 g/mol. The van der Waals surface area contributed by atoms with Gasteiger partial charge in [-0.15, -0.1) is 0 Å². The second kappa shape index (κ2) is 6.69. The second-order valence-electron chi connectivity index (χ2n) is 3.22. The first kappa shape index (κ1) is 14.1. The molecule has 0 aliphatic carbocycles. The SMILES string of the molecule is COc1c(Cl)ccc(Cl)c1C(=O)OCCCN. The molecule has 0 radical (unpaired) electrons. The largest absolute Gasteiger partial charge is 0.494 e. The van der Waals surface area contributed by atoms with Gasteiger partial charge in [0.15, 0.2) is 5.75 Å². The number of halogens is 2. The predicted octanol–water partition coefficient (Wildman–Crippen LogP) is 2.51. The minimum Gasteiger partial charge on any atom is -0.494 e. The standard InChI is InChI=1S/C11H13Cl2NO3/c1-16-10-8(13)4-3-7(12)9(10)11(15)17-6-2-5-14/h3-4H,2,5-6,14H2,1H3. The molecule has 2 N–H and O–H groups in total. The Hall–Kier alpha value is -0.970. The van der Waals surface area contributed by atoms with E-state index in [0.717, 1.165) is 0 Å². The molecule has 0 aliphatic heterocycles. The van der Waals surface area contributed by atoms with E-state index in [2.05, 4.69) is 0 Å². The minimum atomic E-state index is -0.567. The zero-order valence-corrected chi connectivity index (χ0v) is 10.8. The highest BCUT2D eigenvalue weighted by atomic mass is 35.5. The van der Waals surface area contributed by atoms with Crippen LogP contribution < -0.4 is 10.5 Å². The molecule has 0 saturated carbocycles. The summed E-state index contributed by atoms with van der Waals surface area (Å²) < 4.78 is 10.0. The average molecular weight is 278 g/mol. The highest BCUT2D eigenvalue weighted by Gasteiger charge is 2.20. The third kappa shape index (κ3) is 3.49. The van der Waals surface area contributed by atoms with Crippen LogP contribution in [0.15, 0.2) is 12.1 Å². The van der Waals surface area contributed by atoms with Crippen LogP contribution in [0.4, 0.5) is 0 Å². The van der Waals surface area contributed by atoms with E-state index in [4.69, 9.17) is 38.4 Å². The van der Waals surface area contributed by atoms with Crippen LogP contribution in [0.25, 0.3) is 0 Å². The van der Waals surface area contributed by atoms with Crippen LogP contribution in [0.2, 0.25) is 10.0 Å². The maximum Gasteiger partial charge on any atom is 0.343 e. The number of benzene rings is 1. The normalized spacial score (nSPS) is 10.1. The lowest BCUT2D eigenvalue weighted by molar-refractivity contribution is 0.0499. The van der Waals surface area contributed by atoms with E-state index in [1.165, 1.54) is 13.2 Å². The van der Waals surface area contributed by atoms with Gasteiger partial charge in [0.2, 0.25) is 0 Å². The summed E-state index contributed by atoms with van der Waals surface area (Å²) in [7, 11) is 1.41. The van der Waals surface area contributed by atoms with Crippen molar-refractivity contribution in [1.82, 2.24) is 0 Å². The van der Waals surface area contributed by atoms with Crippen molar-refractivity contribution < 1.29 is 14.3 Å². The number of nitrogens with two attached hydrogens (primary N) is 1. The Balaban J connectivity index is 2.95. The number of rotatable bonds is 5. The third-order valence-electron chi connectivity index (χ3n) is 2.05. The van der Waals surface area contributed by atoms with Gasteiger partial charge in [-0.2, -0.15) is 0 Å². The molecule has 0 amide bonds. The molecule has 1 rings (SSSR count). The molecule has 94 valence electrons. The Morgan fingerprint density at radius 1 is 1.35 bits per heavy atom. The van der Waals surface area contributed by atoms with E-state index < -0.39 is 5.97 Å². The average Bonchev–Trinajstić information content (AvgIpc) is 2.31. The first-order valence-corrected chi connectivity index (χ1v) is 5.76. The molecule has 0 aromatic heterocycles. The highest BCUT2D eigenvalue weighted by Crippen LogP contribution is 2.34. The molecule has 4 nitrogen and oxygen atoms in total. The molecule has 6 heteroatoms. The van der Waals surface area contributed by atoms with Gasteiger partial charge in [0, 0.05) is 0 Å². The number of methoxy groups -OCH3 is 1. The predicted molar refractivity (Wildman–Crippen MR) is 67.0 cm³/mol. The summed E-state index contributed by atoms with van der Waals surface area (Å²) in [6, 6.07) is 3.07. The van der Waals surface area contributed by atoms with Crippen LogP contribution in [0.5, 0.6) is 5.75 Å². The van der Waals surface area contributed by atoms with E-state index in [1.807, 2.05) is 0 Å². The van der Waals surface area contributed by atoms with Crippen molar-refractivity contribution in [2.45, 2.75) is 6.42 Å². The summed E-state index contributed by atoms with van der Waals surface area (Å²) in [6.07, 6.45) is 0.590. The molecule has 0 aliphatic rings. The van der Waals surface area contributed by atoms with E-state index >= 15 is 0 Å². The van der Waals surface area contributed by atoms with Crippen molar-refractivity contribution in [1.29, 1.82) is 0 Å². The van der Waals surface area contributed by atoms with E-state index in [-0.39, 0.29) is 22.9 Å². The molecule has 0 unspecified atom stereocenters. The van der Waals surface area contributed by atoms with Gasteiger partial charge in [0.1, 0.15) is 5.56 Å². The van der Waals surface area contributed by atoms with Gasteiger partial charge in [0.05, 0.1) is 23.8 Å². The molecule has 0 fully saturated rings. The van der Waals surface area contributed by atoms with Crippen molar-refractivity contribution in [2.24, 2.45) is 5.73 Å². The minimum absolute atomic E-state index is 0.138. The second-order valence-corrected chi connectivity index (χ2v) is 4.03. The first-order chi connectivity index (χ1) is 8.11. The fraction of sp³-hybridized carbons (Fsp3) is 0.364. The van der Waals surface area contributed by atoms with Crippen LogP contribution in [-0.4, -0.2) is 26.2 Å². The zero-order valence-electron chi connectivity index (χ0n) is 9.33.